The largest absolute Gasteiger partial charge is 0.0599 e. The van der Waals surface area contributed by atoms with Crippen LogP contribution in [0.2, 0.25) is 0 Å². The summed E-state index contributed by atoms with van der Waals surface area (Å²) < 4.78 is 0. The molecule has 0 aromatic heterocycles. The molecule has 2 radical (unpaired) electrons. The lowest BCUT2D eigenvalue weighted by Crippen LogP contribution is -2.19. The average Bonchev–Trinajstić information content (AvgIpc) is 1.60. The number of hydrogen-bond donors (Lipinski definition) is 0. The first-order valence-corrected chi connectivity index (χ1v) is 3.91. The third kappa shape index (κ3) is 4.84. The van der Waals surface area contributed by atoms with Gasteiger partial charge in [-0.1, -0.05) is 34.6 Å². The Hall–Kier alpha value is 0. The van der Waals surface area contributed by atoms with Gasteiger partial charge in [-0.25, -0.2) is 0 Å². The van der Waals surface area contributed by atoms with Crippen molar-refractivity contribution < 1.29 is 0 Å². The topological polar surface area (TPSA) is 0 Å². The summed E-state index contributed by atoms with van der Waals surface area (Å²) in [6.07, 6.45) is 2.13. The molecule has 0 rings (SSSR count). The van der Waals surface area contributed by atoms with Gasteiger partial charge in [0.05, 0.1) is 0 Å². The molecule has 0 nitrogen and oxygen atoms in total. The Morgan fingerprint density at radius 2 is 1.50 bits per heavy atom. The first kappa shape index (κ1) is 10.0. The molecule has 0 saturated heterocycles. The van der Waals surface area contributed by atoms with Crippen LogP contribution in [0.1, 0.15) is 40.5 Å². The van der Waals surface area contributed by atoms with Crippen LogP contribution in [-0.2, 0) is 0 Å². The maximum absolute atomic E-state index is 4.08. The lowest BCUT2D eigenvalue weighted by molar-refractivity contribution is 0.237. The van der Waals surface area contributed by atoms with Gasteiger partial charge in [0.2, 0.25) is 0 Å². The highest BCUT2D eigenvalue weighted by Crippen LogP contribution is 2.34. The minimum atomic E-state index is 0.196. The van der Waals surface area contributed by atoms with E-state index in [1.54, 1.807) is 0 Å². The summed E-state index contributed by atoms with van der Waals surface area (Å²) >= 11 is 0. The quantitative estimate of drug-likeness (QED) is 0.563. The van der Waals surface area contributed by atoms with E-state index in [1.807, 2.05) is 0 Å². The highest BCUT2D eigenvalue weighted by atomic mass is 14.3. The standard InChI is InChI=1S/C10H20/c1-7-10(5,6)8-9(2,3)4/h1-2,7-8H2,3-6H3. The monoisotopic (exact) mass is 140 g/mol. The molecule has 0 aliphatic heterocycles. The SMILES string of the molecule is [CH2]CC(C)(C)CC([CH2])(C)C. The minimum Gasteiger partial charge on any atom is -0.0599 e. The second kappa shape index (κ2) is 2.94. The van der Waals surface area contributed by atoms with Crippen molar-refractivity contribution in [2.45, 2.75) is 40.5 Å². The van der Waals surface area contributed by atoms with E-state index in [-0.39, 0.29) is 5.41 Å². The number of rotatable bonds is 3. The fraction of sp³-hybridized carbons (Fsp3) is 0.800. The molecule has 0 aliphatic rings. The second-order valence-electron chi connectivity index (χ2n) is 4.76. The van der Waals surface area contributed by atoms with Crippen molar-refractivity contribution in [3.8, 4) is 0 Å². The van der Waals surface area contributed by atoms with Crippen molar-refractivity contribution >= 4 is 0 Å². The van der Waals surface area contributed by atoms with Crippen molar-refractivity contribution in [3.05, 3.63) is 13.8 Å². The fourth-order valence-corrected chi connectivity index (χ4v) is 1.38. The van der Waals surface area contributed by atoms with Gasteiger partial charge >= 0.3 is 0 Å². The maximum Gasteiger partial charge on any atom is -0.0349 e. The summed E-state index contributed by atoms with van der Waals surface area (Å²) in [6.45, 7) is 16.8. The van der Waals surface area contributed by atoms with Crippen LogP contribution in [-0.4, -0.2) is 0 Å². The van der Waals surface area contributed by atoms with Gasteiger partial charge in [-0.15, -0.1) is 0 Å². The van der Waals surface area contributed by atoms with Gasteiger partial charge in [-0.3, -0.25) is 0 Å². The smallest absolute Gasteiger partial charge is 0.0349 e. The summed E-state index contributed by atoms with van der Waals surface area (Å²) in [5.74, 6) is 0. The molecular formula is C10H20. The molecule has 10 heavy (non-hydrogen) atoms. The molecule has 0 unspecified atom stereocenters. The van der Waals surface area contributed by atoms with E-state index < -0.39 is 0 Å². The third-order valence-electron chi connectivity index (χ3n) is 1.63. The Morgan fingerprint density at radius 3 is 1.60 bits per heavy atom. The van der Waals surface area contributed by atoms with Crippen LogP contribution in [0.4, 0.5) is 0 Å². The number of hydrogen-bond acceptors (Lipinski definition) is 0. The molecule has 0 saturated carbocycles. The third-order valence-corrected chi connectivity index (χ3v) is 1.63. The second-order valence-corrected chi connectivity index (χ2v) is 4.76. The highest BCUT2D eigenvalue weighted by Gasteiger charge is 2.23. The van der Waals surface area contributed by atoms with Crippen molar-refractivity contribution in [1.29, 1.82) is 0 Å². The normalized spacial score (nSPS) is 13.8. The minimum absolute atomic E-state index is 0.196. The van der Waals surface area contributed by atoms with Gasteiger partial charge < -0.3 is 0 Å². The van der Waals surface area contributed by atoms with Gasteiger partial charge in [-0.2, -0.15) is 0 Å². The van der Waals surface area contributed by atoms with E-state index in [2.05, 4.69) is 41.5 Å². The van der Waals surface area contributed by atoms with Crippen LogP contribution in [0.25, 0.3) is 0 Å². The van der Waals surface area contributed by atoms with Crippen molar-refractivity contribution in [2.24, 2.45) is 10.8 Å². The molecule has 0 heterocycles. The van der Waals surface area contributed by atoms with Crippen molar-refractivity contribution in [2.75, 3.05) is 0 Å². The van der Waals surface area contributed by atoms with E-state index in [0.29, 0.717) is 5.41 Å². The molecule has 0 fully saturated rings. The molecule has 60 valence electrons. The summed E-state index contributed by atoms with van der Waals surface area (Å²) in [4.78, 5) is 0. The molecule has 0 N–H and O–H groups in total. The molecule has 0 aromatic carbocycles. The van der Waals surface area contributed by atoms with Gasteiger partial charge in [-0.05, 0) is 30.6 Å². The molecule has 0 heteroatoms. The molecule has 0 aromatic rings. The van der Waals surface area contributed by atoms with Crippen molar-refractivity contribution in [1.82, 2.24) is 0 Å². The van der Waals surface area contributed by atoms with Crippen LogP contribution in [0, 0.1) is 24.7 Å². The van der Waals surface area contributed by atoms with E-state index in [1.165, 1.54) is 0 Å². The maximum atomic E-state index is 4.08. The van der Waals surface area contributed by atoms with Gasteiger partial charge in [0, 0.05) is 0 Å². The summed E-state index contributed by atoms with van der Waals surface area (Å²) in [5.41, 5.74) is 0.548. The van der Waals surface area contributed by atoms with E-state index >= 15 is 0 Å². The summed E-state index contributed by atoms with van der Waals surface area (Å²) in [6, 6.07) is 0. The Bertz CT molecular complexity index is 93.1. The molecule has 0 spiro atoms. The van der Waals surface area contributed by atoms with Crippen molar-refractivity contribution in [3.63, 3.8) is 0 Å². The molecule has 0 bridgehead atoms. The van der Waals surface area contributed by atoms with Gasteiger partial charge in [0.25, 0.3) is 0 Å². The Morgan fingerprint density at radius 1 is 1.10 bits per heavy atom. The summed E-state index contributed by atoms with van der Waals surface area (Å²) in [5, 5.41) is 0. The first-order valence-electron chi connectivity index (χ1n) is 3.91. The fourth-order valence-electron chi connectivity index (χ4n) is 1.38. The van der Waals surface area contributed by atoms with Crippen LogP contribution in [0.5, 0.6) is 0 Å². The van der Waals surface area contributed by atoms with Crippen LogP contribution < -0.4 is 0 Å². The van der Waals surface area contributed by atoms with E-state index in [9.17, 15) is 0 Å². The predicted octanol–water partition coefficient (Wildman–Crippen LogP) is 3.49. The lowest BCUT2D eigenvalue weighted by atomic mass is 9.75. The lowest BCUT2D eigenvalue weighted by Gasteiger charge is -2.31. The highest BCUT2D eigenvalue weighted by molar-refractivity contribution is 4.80. The summed E-state index contributed by atoms with van der Waals surface area (Å²) in [7, 11) is 0. The van der Waals surface area contributed by atoms with Gasteiger partial charge in [0.15, 0.2) is 0 Å². The van der Waals surface area contributed by atoms with Gasteiger partial charge in [0.1, 0.15) is 0 Å². The zero-order valence-corrected chi connectivity index (χ0v) is 7.83. The Labute approximate surface area is 66.0 Å². The van der Waals surface area contributed by atoms with Crippen LogP contribution in [0.3, 0.4) is 0 Å². The zero-order chi connectivity index (χ0) is 8.41. The van der Waals surface area contributed by atoms with Crippen LogP contribution in [0.15, 0.2) is 0 Å². The van der Waals surface area contributed by atoms with Crippen LogP contribution >= 0.6 is 0 Å². The molecule has 0 amide bonds. The zero-order valence-electron chi connectivity index (χ0n) is 7.83. The first-order chi connectivity index (χ1) is 4.27. The molecular weight excluding hydrogens is 120 g/mol. The van der Waals surface area contributed by atoms with E-state index in [4.69, 9.17) is 0 Å². The molecule has 0 atom stereocenters. The Kier molecular flexibility index (Phi) is 2.94. The Balaban J connectivity index is 3.89. The predicted molar refractivity (Wildman–Crippen MR) is 47.5 cm³/mol. The van der Waals surface area contributed by atoms with E-state index in [0.717, 1.165) is 12.8 Å². The average molecular weight is 140 g/mol. The molecule has 0 aliphatic carbocycles.